The Bertz CT molecular complexity index is 641. The van der Waals surface area contributed by atoms with E-state index in [0.717, 1.165) is 11.6 Å². The van der Waals surface area contributed by atoms with Crippen molar-refractivity contribution in [3.63, 3.8) is 0 Å². The fourth-order valence-corrected chi connectivity index (χ4v) is 1.62. The quantitative estimate of drug-likeness (QED) is 0.262. The molecule has 0 N–H and O–H groups in total. The van der Waals surface area contributed by atoms with Crippen LogP contribution in [0.4, 0.5) is 5.95 Å². The zero-order chi connectivity index (χ0) is 13.8. The van der Waals surface area contributed by atoms with Gasteiger partial charge in [-0.25, -0.2) is 9.13 Å². The molecule has 2 aromatic rings. The highest BCUT2D eigenvalue weighted by Gasteiger charge is 2.09. The summed E-state index contributed by atoms with van der Waals surface area (Å²) in [6, 6.07) is 0. The summed E-state index contributed by atoms with van der Waals surface area (Å²) in [6.07, 6.45) is 8.93. The minimum Gasteiger partial charge on any atom is -0.319 e. The van der Waals surface area contributed by atoms with Gasteiger partial charge in [-0.05, 0) is 0 Å². The summed E-state index contributed by atoms with van der Waals surface area (Å²) in [5.74, 6) is 0.732. The van der Waals surface area contributed by atoms with Gasteiger partial charge in [0, 0.05) is 31.6 Å². The van der Waals surface area contributed by atoms with Crippen molar-refractivity contribution in [3.8, 4) is 0 Å². The van der Waals surface area contributed by atoms with E-state index in [1.807, 2.05) is 71.2 Å². The number of hydrogen-bond donors (Lipinski definition) is 0. The highest BCUT2D eigenvalue weighted by atomic mass is 15.3. The molecule has 2 rings (SSSR count). The molecule has 8 nitrogen and oxygen atoms in total. The number of aromatic nitrogens is 4. The van der Waals surface area contributed by atoms with Crippen molar-refractivity contribution in [2.75, 3.05) is 0 Å². The molecular formula is C12H21N8+. The lowest BCUT2D eigenvalue weighted by Crippen LogP contribution is -2.25. The summed E-state index contributed by atoms with van der Waals surface area (Å²) < 4.78 is 7.47. The molecule has 0 spiro atoms. The van der Waals surface area contributed by atoms with E-state index in [1.165, 1.54) is 6.34 Å². The lowest BCUT2D eigenvalue weighted by Gasteiger charge is -1.89. The minimum atomic E-state index is 0. The number of imidazole rings is 2. The van der Waals surface area contributed by atoms with Crippen LogP contribution in [-0.2, 0) is 28.2 Å². The molecule has 2 heterocycles. The van der Waals surface area contributed by atoms with Crippen LogP contribution in [0.15, 0.2) is 45.2 Å². The van der Waals surface area contributed by atoms with Gasteiger partial charge in [0.05, 0.1) is 26.5 Å². The van der Waals surface area contributed by atoms with Crippen molar-refractivity contribution in [2.45, 2.75) is 7.43 Å². The summed E-state index contributed by atoms with van der Waals surface area (Å²) in [6.45, 7) is 0. The first kappa shape index (κ1) is 15.5. The van der Waals surface area contributed by atoms with Crippen LogP contribution >= 0.6 is 0 Å². The Labute approximate surface area is 118 Å². The maximum Gasteiger partial charge on any atom is 0.421 e. The fraction of sp³-hybridized carbons (Fsp3) is 0.417. The normalized spacial score (nSPS) is 11.2. The van der Waals surface area contributed by atoms with Gasteiger partial charge in [0.1, 0.15) is 0 Å². The van der Waals surface area contributed by atoms with Gasteiger partial charge >= 0.3 is 5.95 Å². The maximum atomic E-state index is 4.06. The van der Waals surface area contributed by atoms with E-state index in [9.17, 15) is 0 Å². The third-order valence-corrected chi connectivity index (χ3v) is 2.69. The molecule has 0 aromatic carbocycles. The topological polar surface area (TPSA) is 68.1 Å². The Morgan fingerprint density at radius 2 is 1.70 bits per heavy atom. The molecule has 20 heavy (non-hydrogen) atoms. The van der Waals surface area contributed by atoms with Gasteiger partial charge in [-0.15, -0.1) is 10.2 Å². The minimum absolute atomic E-state index is 0. The van der Waals surface area contributed by atoms with E-state index >= 15 is 0 Å². The van der Waals surface area contributed by atoms with Crippen molar-refractivity contribution in [3.05, 3.63) is 30.4 Å². The molecule has 0 fully saturated rings. The first-order valence-corrected chi connectivity index (χ1v) is 5.75. The molecule has 0 unspecified atom stereocenters. The van der Waals surface area contributed by atoms with Gasteiger partial charge < -0.3 is 9.13 Å². The van der Waals surface area contributed by atoms with Crippen LogP contribution < -0.4 is 10.2 Å². The lowest BCUT2D eigenvalue weighted by atomic mass is 10.9. The summed E-state index contributed by atoms with van der Waals surface area (Å²) in [5, 5.41) is 15.9. The van der Waals surface area contributed by atoms with Crippen LogP contribution in [0.5, 0.6) is 0 Å². The smallest absolute Gasteiger partial charge is 0.319 e. The second kappa shape index (κ2) is 6.60. The Kier molecular flexibility index (Phi) is 5.13. The lowest BCUT2D eigenvalue weighted by molar-refractivity contribution is -0.657. The third kappa shape index (κ3) is 3.28. The van der Waals surface area contributed by atoms with E-state index in [-0.39, 0.29) is 7.43 Å². The molecule has 0 saturated heterocycles. The van der Waals surface area contributed by atoms with Gasteiger partial charge in [-0.3, -0.25) is 0 Å². The highest BCUT2D eigenvalue weighted by molar-refractivity contribution is 5.54. The van der Waals surface area contributed by atoms with Crippen LogP contribution in [0, 0.1) is 0 Å². The van der Waals surface area contributed by atoms with Gasteiger partial charge in [0.25, 0.3) is 0 Å². The van der Waals surface area contributed by atoms with Gasteiger partial charge in [-0.2, -0.15) is 0 Å². The third-order valence-electron chi connectivity index (χ3n) is 2.69. The second-order valence-corrected chi connectivity index (χ2v) is 4.19. The fourth-order valence-electron chi connectivity index (χ4n) is 1.62. The molecule has 0 radical (unpaired) electrons. The first-order chi connectivity index (χ1) is 9.09. The molecule has 8 heteroatoms. The maximum absolute atomic E-state index is 4.06. The number of rotatable bonds is 3. The molecule has 0 aliphatic rings. The average Bonchev–Trinajstić information content (AvgIpc) is 2.86. The summed E-state index contributed by atoms with van der Waals surface area (Å²) in [7, 11) is 7.61. The van der Waals surface area contributed by atoms with Crippen molar-refractivity contribution in [2.24, 2.45) is 48.6 Å². The van der Waals surface area contributed by atoms with Crippen molar-refractivity contribution in [1.29, 1.82) is 0 Å². The van der Waals surface area contributed by atoms with Crippen LogP contribution in [-0.4, -0.2) is 20.0 Å². The average molecular weight is 277 g/mol. The van der Waals surface area contributed by atoms with Gasteiger partial charge in [0.2, 0.25) is 5.62 Å². The monoisotopic (exact) mass is 277 g/mol. The van der Waals surface area contributed by atoms with E-state index in [0.29, 0.717) is 0 Å². The van der Waals surface area contributed by atoms with E-state index in [2.05, 4.69) is 20.4 Å². The van der Waals surface area contributed by atoms with E-state index < -0.39 is 0 Å². The van der Waals surface area contributed by atoms with Crippen LogP contribution in [0.1, 0.15) is 7.43 Å². The van der Waals surface area contributed by atoms with Gasteiger partial charge in [-0.1, -0.05) is 12.5 Å². The number of azo groups is 1. The summed E-state index contributed by atoms with van der Waals surface area (Å²) >= 11 is 0. The number of nitrogens with zero attached hydrogens (tertiary/aromatic N) is 8. The Morgan fingerprint density at radius 3 is 2.25 bits per heavy atom. The molecule has 108 valence electrons. The van der Waals surface area contributed by atoms with Crippen molar-refractivity contribution in [1.82, 2.24) is 13.7 Å². The van der Waals surface area contributed by atoms with Crippen molar-refractivity contribution < 1.29 is 4.57 Å². The van der Waals surface area contributed by atoms with Crippen LogP contribution in [0.2, 0.25) is 0 Å². The summed E-state index contributed by atoms with van der Waals surface area (Å²) in [4.78, 5) is 0. The zero-order valence-corrected chi connectivity index (χ0v) is 11.5. The van der Waals surface area contributed by atoms with E-state index in [4.69, 9.17) is 0 Å². The standard InChI is InChI=1S/C11H17N8.CH4/c1-16-5-6-17(2)10(16)14-12-9-13-15-11-18(3)7-8-19(11)4;/h5-9H,1-4H3;1H4/q+1;. The molecule has 0 aliphatic heterocycles. The molecule has 2 aromatic heterocycles. The Morgan fingerprint density at radius 1 is 1.05 bits per heavy atom. The van der Waals surface area contributed by atoms with E-state index in [1.54, 1.807) is 0 Å². The molecule has 0 aliphatic carbocycles. The van der Waals surface area contributed by atoms with Gasteiger partial charge in [0.15, 0.2) is 6.34 Å². The predicted molar refractivity (Wildman–Crippen MR) is 76.3 cm³/mol. The number of hydrogen-bond acceptors (Lipinski definition) is 3. The van der Waals surface area contributed by atoms with Crippen LogP contribution in [0.3, 0.4) is 0 Å². The largest absolute Gasteiger partial charge is 0.421 e. The molecule has 0 bridgehead atoms. The van der Waals surface area contributed by atoms with Crippen LogP contribution in [0.25, 0.3) is 0 Å². The first-order valence-electron chi connectivity index (χ1n) is 5.75. The molecule has 0 saturated carbocycles. The second-order valence-electron chi connectivity index (χ2n) is 4.19. The molecule has 0 amide bonds. The zero-order valence-electron chi connectivity index (χ0n) is 11.5. The Balaban J connectivity index is 0.00000200. The molecule has 0 atom stereocenters. The Hall–Kier alpha value is -2.51. The summed E-state index contributed by atoms with van der Waals surface area (Å²) in [5.41, 5.74) is 0.732. The van der Waals surface area contributed by atoms with Crippen molar-refractivity contribution >= 4 is 12.3 Å². The number of aryl methyl sites for hydroxylation is 4. The predicted octanol–water partition coefficient (Wildman–Crippen LogP) is 0.791. The SMILES string of the molecule is C.Cn1cc[n+](C)c1N=N/C=N/N=c1n(C)ccn1C. The molecular weight excluding hydrogens is 256 g/mol. The highest BCUT2D eigenvalue weighted by Crippen LogP contribution is 2.02.